The fraction of sp³-hybridized carbons (Fsp3) is 0.444. The highest BCUT2D eigenvalue weighted by molar-refractivity contribution is 14.0. The van der Waals surface area contributed by atoms with Crippen molar-refractivity contribution in [2.75, 3.05) is 27.7 Å². The molecule has 0 aliphatic heterocycles. The SMILES string of the molecule is CN=C(NCCCn1cccn1)NCc1ccc(F)c(CN(C)C)c1.I. The average molecular weight is 474 g/mol. The molecule has 2 aromatic rings. The van der Waals surface area contributed by atoms with E-state index in [1.807, 2.05) is 42.0 Å². The summed E-state index contributed by atoms with van der Waals surface area (Å²) >= 11 is 0. The van der Waals surface area contributed by atoms with E-state index < -0.39 is 0 Å². The van der Waals surface area contributed by atoms with Crippen LogP contribution in [0.4, 0.5) is 4.39 Å². The summed E-state index contributed by atoms with van der Waals surface area (Å²) in [6.07, 6.45) is 4.68. The highest BCUT2D eigenvalue weighted by Crippen LogP contribution is 2.12. The van der Waals surface area contributed by atoms with E-state index in [-0.39, 0.29) is 29.8 Å². The number of aromatic nitrogens is 2. The molecule has 0 radical (unpaired) electrons. The minimum Gasteiger partial charge on any atom is -0.356 e. The first-order valence-corrected chi connectivity index (χ1v) is 8.42. The predicted molar refractivity (Wildman–Crippen MR) is 114 cm³/mol. The minimum atomic E-state index is -0.168. The quantitative estimate of drug-likeness (QED) is 0.267. The molecule has 1 aromatic carbocycles. The van der Waals surface area contributed by atoms with Crippen LogP contribution < -0.4 is 10.6 Å². The van der Waals surface area contributed by atoms with Gasteiger partial charge in [0.25, 0.3) is 0 Å². The molecular formula is C18H28FIN6. The lowest BCUT2D eigenvalue weighted by Crippen LogP contribution is -2.37. The van der Waals surface area contributed by atoms with Gasteiger partial charge in [-0.1, -0.05) is 6.07 Å². The molecule has 0 atom stereocenters. The highest BCUT2D eigenvalue weighted by Gasteiger charge is 2.06. The fourth-order valence-electron chi connectivity index (χ4n) is 2.49. The Bertz CT molecular complexity index is 672. The van der Waals surface area contributed by atoms with Gasteiger partial charge in [-0.05, 0) is 44.3 Å². The lowest BCUT2D eigenvalue weighted by molar-refractivity contribution is 0.392. The molecule has 6 nitrogen and oxygen atoms in total. The molecule has 1 heterocycles. The molecule has 144 valence electrons. The first-order chi connectivity index (χ1) is 12.1. The summed E-state index contributed by atoms with van der Waals surface area (Å²) in [6.45, 7) is 2.84. The number of hydrogen-bond donors (Lipinski definition) is 2. The number of hydrogen-bond acceptors (Lipinski definition) is 3. The van der Waals surface area contributed by atoms with Crippen LogP contribution in [0, 0.1) is 5.82 Å². The maximum absolute atomic E-state index is 13.8. The van der Waals surface area contributed by atoms with Gasteiger partial charge >= 0.3 is 0 Å². The molecule has 26 heavy (non-hydrogen) atoms. The van der Waals surface area contributed by atoms with Crippen LogP contribution in [0.25, 0.3) is 0 Å². The smallest absolute Gasteiger partial charge is 0.191 e. The van der Waals surface area contributed by atoms with Gasteiger partial charge in [-0.15, -0.1) is 24.0 Å². The van der Waals surface area contributed by atoms with Crippen LogP contribution in [0.15, 0.2) is 41.7 Å². The van der Waals surface area contributed by atoms with Gasteiger partial charge in [0.15, 0.2) is 5.96 Å². The molecule has 0 saturated heterocycles. The van der Waals surface area contributed by atoms with Crippen LogP contribution >= 0.6 is 24.0 Å². The van der Waals surface area contributed by atoms with E-state index in [2.05, 4.69) is 20.7 Å². The van der Waals surface area contributed by atoms with Crippen molar-refractivity contribution in [3.05, 3.63) is 53.6 Å². The standard InChI is InChI=1S/C18H27FN6.HI/c1-20-18(21-8-4-10-25-11-5-9-23-25)22-13-15-6-7-17(19)16(12-15)14-24(2)3;/h5-7,9,11-12H,4,8,10,13-14H2,1-3H3,(H2,20,21,22);1H. The first kappa shape index (κ1) is 22.4. The summed E-state index contributed by atoms with van der Waals surface area (Å²) in [4.78, 5) is 6.17. The van der Waals surface area contributed by atoms with E-state index in [1.54, 1.807) is 19.3 Å². The second kappa shape index (κ2) is 11.8. The van der Waals surface area contributed by atoms with Crippen molar-refractivity contribution < 1.29 is 4.39 Å². The van der Waals surface area contributed by atoms with E-state index in [0.717, 1.165) is 31.0 Å². The normalized spacial score (nSPS) is 11.3. The molecule has 0 spiro atoms. The zero-order valence-corrected chi connectivity index (χ0v) is 17.9. The molecule has 0 aliphatic rings. The number of aryl methyl sites for hydroxylation is 1. The maximum atomic E-state index is 13.8. The highest BCUT2D eigenvalue weighted by atomic mass is 127. The third-order valence-corrected chi connectivity index (χ3v) is 3.70. The Morgan fingerprint density at radius 1 is 1.31 bits per heavy atom. The molecule has 0 unspecified atom stereocenters. The lowest BCUT2D eigenvalue weighted by Gasteiger charge is -2.14. The third-order valence-electron chi connectivity index (χ3n) is 3.70. The van der Waals surface area contributed by atoms with Crippen molar-refractivity contribution in [3.63, 3.8) is 0 Å². The molecule has 0 fully saturated rings. The molecule has 0 saturated carbocycles. The van der Waals surface area contributed by atoms with E-state index >= 15 is 0 Å². The summed E-state index contributed by atoms with van der Waals surface area (Å²) < 4.78 is 15.7. The molecule has 2 rings (SSSR count). The number of nitrogens with one attached hydrogen (secondary N) is 2. The van der Waals surface area contributed by atoms with Gasteiger partial charge in [0.1, 0.15) is 5.82 Å². The second-order valence-electron chi connectivity index (χ2n) is 6.14. The largest absolute Gasteiger partial charge is 0.356 e. The van der Waals surface area contributed by atoms with Crippen LogP contribution in [-0.2, 0) is 19.6 Å². The van der Waals surface area contributed by atoms with E-state index in [0.29, 0.717) is 18.7 Å². The van der Waals surface area contributed by atoms with Gasteiger partial charge in [-0.2, -0.15) is 5.10 Å². The molecule has 2 N–H and O–H groups in total. The Hall–Kier alpha value is -1.68. The zero-order chi connectivity index (χ0) is 18.1. The average Bonchev–Trinajstić information content (AvgIpc) is 3.10. The Kier molecular flexibility index (Phi) is 10.2. The van der Waals surface area contributed by atoms with Crippen LogP contribution in [-0.4, -0.2) is 48.3 Å². The first-order valence-electron chi connectivity index (χ1n) is 8.42. The van der Waals surface area contributed by atoms with Gasteiger partial charge in [-0.3, -0.25) is 9.67 Å². The fourth-order valence-corrected chi connectivity index (χ4v) is 2.49. The number of aliphatic imine (C=N–C) groups is 1. The van der Waals surface area contributed by atoms with Crippen molar-refractivity contribution >= 4 is 29.9 Å². The Morgan fingerprint density at radius 3 is 2.77 bits per heavy atom. The number of nitrogens with zero attached hydrogens (tertiary/aromatic N) is 4. The van der Waals surface area contributed by atoms with Crippen LogP contribution in [0.3, 0.4) is 0 Å². The van der Waals surface area contributed by atoms with Gasteiger partial charge in [-0.25, -0.2) is 4.39 Å². The van der Waals surface area contributed by atoms with Gasteiger partial charge in [0, 0.05) is 51.2 Å². The monoisotopic (exact) mass is 474 g/mol. The van der Waals surface area contributed by atoms with Crippen LogP contribution in [0.2, 0.25) is 0 Å². The van der Waals surface area contributed by atoms with Crippen LogP contribution in [0.5, 0.6) is 0 Å². The summed E-state index contributed by atoms with van der Waals surface area (Å²) in [6, 6.07) is 7.14. The number of rotatable bonds is 8. The maximum Gasteiger partial charge on any atom is 0.191 e. The second-order valence-corrected chi connectivity index (χ2v) is 6.14. The van der Waals surface area contributed by atoms with Gasteiger partial charge in [0.2, 0.25) is 0 Å². The zero-order valence-electron chi connectivity index (χ0n) is 15.6. The molecular weight excluding hydrogens is 446 g/mol. The molecule has 0 aliphatic carbocycles. The third kappa shape index (κ3) is 7.69. The van der Waals surface area contributed by atoms with Crippen molar-refractivity contribution in [1.82, 2.24) is 25.3 Å². The molecule has 0 amide bonds. The summed E-state index contributed by atoms with van der Waals surface area (Å²) in [5, 5.41) is 10.7. The Labute approximate surface area is 171 Å². The summed E-state index contributed by atoms with van der Waals surface area (Å²) in [5.74, 6) is 0.567. The lowest BCUT2D eigenvalue weighted by atomic mass is 10.1. The van der Waals surface area contributed by atoms with E-state index in [4.69, 9.17) is 0 Å². The van der Waals surface area contributed by atoms with Gasteiger partial charge in [0.05, 0.1) is 0 Å². The van der Waals surface area contributed by atoms with Crippen molar-refractivity contribution in [1.29, 1.82) is 0 Å². The summed E-state index contributed by atoms with van der Waals surface area (Å²) in [5.41, 5.74) is 1.73. The predicted octanol–water partition coefficient (Wildman–Crippen LogP) is 2.46. The minimum absolute atomic E-state index is 0. The van der Waals surface area contributed by atoms with Gasteiger partial charge < -0.3 is 15.5 Å². The molecule has 0 bridgehead atoms. The van der Waals surface area contributed by atoms with Crippen molar-refractivity contribution in [2.45, 2.75) is 26.1 Å². The number of guanidine groups is 1. The van der Waals surface area contributed by atoms with E-state index in [9.17, 15) is 4.39 Å². The summed E-state index contributed by atoms with van der Waals surface area (Å²) in [7, 11) is 5.60. The van der Waals surface area contributed by atoms with Crippen molar-refractivity contribution in [2.24, 2.45) is 4.99 Å². The van der Waals surface area contributed by atoms with Crippen molar-refractivity contribution in [3.8, 4) is 0 Å². The topological polar surface area (TPSA) is 57.5 Å². The molecule has 1 aromatic heterocycles. The number of halogens is 2. The van der Waals surface area contributed by atoms with E-state index in [1.165, 1.54) is 6.07 Å². The Morgan fingerprint density at radius 2 is 2.12 bits per heavy atom. The Balaban J connectivity index is 0.00000338. The van der Waals surface area contributed by atoms with Crippen LogP contribution in [0.1, 0.15) is 17.5 Å². The number of benzene rings is 1. The molecule has 8 heteroatoms.